The smallest absolute Gasteiger partial charge is 0.159 e. The molecule has 2 rings (SSSR count). The van der Waals surface area contributed by atoms with Crippen LogP contribution in [0.25, 0.3) is 0 Å². The van der Waals surface area contributed by atoms with Crippen molar-refractivity contribution < 1.29 is 17.6 Å². The number of halogens is 4. The maximum absolute atomic E-state index is 13.7. The second kappa shape index (κ2) is 6.05. The largest absolute Gasteiger partial charge is 0.313 e. The van der Waals surface area contributed by atoms with Crippen LogP contribution in [-0.2, 0) is 6.42 Å². The van der Waals surface area contributed by atoms with E-state index in [0.717, 1.165) is 24.3 Å². The first-order chi connectivity index (χ1) is 9.52. The predicted octanol–water partition coefficient (Wildman–Crippen LogP) is 3.75. The van der Waals surface area contributed by atoms with Crippen LogP contribution in [0, 0.1) is 23.3 Å². The van der Waals surface area contributed by atoms with Gasteiger partial charge in [0.05, 0.1) is 0 Å². The van der Waals surface area contributed by atoms with Crippen LogP contribution in [-0.4, -0.2) is 7.05 Å². The highest BCUT2D eigenvalue weighted by Gasteiger charge is 2.19. The van der Waals surface area contributed by atoms with Gasteiger partial charge in [-0.15, -0.1) is 0 Å². The lowest BCUT2D eigenvalue weighted by Crippen LogP contribution is -2.21. The Hall–Kier alpha value is -1.88. The van der Waals surface area contributed by atoms with E-state index in [0.29, 0.717) is 5.56 Å². The molecule has 0 saturated heterocycles. The van der Waals surface area contributed by atoms with Gasteiger partial charge in [-0.2, -0.15) is 0 Å². The third-order valence-electron chi connectivity index (χ3n) is 3.12. The van der Waals surface area contributed by atoms with Crippen molar-refractivity contribution in [2.75, 3.05) is 7.05 Å². The van der Waals surface area contributed by atoms with Crippen LogP contribution in [0.4, 0.5) is 17.6 Å². The van der Waals surface area contributed by atoms with E-state index in [9.17, 15) is 17.6 Å². The van der Waals surface area contributed by atoms with Crippen molar-refractivity contribution in [3.05, 3.63) is 70.8 Å². The van der Waals surface area contributed by atoms with Crippen molar-refractivity contribution in [3.63, 3.8) is 0 Å². The number of benzene rings is 2. The molecule has 0 fully saturated rings. The van der Waals surface area contributed by atoms with E-state index in [1.54, 1.807) is 7.05 Å². The molecule has 0 spiro atoms. The number of rotatable bonds is 4. The van der Waals surface area contributed by atoms with Gasteiger partial charge >= 0.3 is 0 Å². The van der Waals surface area contributed by atoms with Crippen LogP contribution >= 0.6 is 0 Å². The lowest BCUT2D eigenvalue weighted by Gasteiger charge is -2.18. The Balaban J connectivity index is 2.31. The minimum absolute atomic E-state index is 0.111. The summed E-state index contributed by atoms with van der Waals surface area (Å²) in [5.41, 5.74) is 0.339. The summed E-state index contributed by atoms with van der Waals surface area (Å²) in [6.45, 7) is 0. The van der Waals surface area contributed by atoms with Crippen LogP contribution in [0.1, 0.15) is 17.2 Å². The summed E-state index contributed by atoms with van der Waals surface area (Å²) >= 11 is 0. The van der Waals surface area contributed by atoms with Gasteiger partial charge < -0.3 is 5.32 Å². The maximum Gasteiger partial charge on any atom is 0.159 e. The fourth-order valence-electron chi connectivity index (χ4n) is 2.09. The Morgan fingerprint density at radius 3 is 2.10 bits per heavy atom. The second-order valence-electron chi connectivity index (χ2n) is 4.43. The number of hydrogen-bond acceptors (Lipinski definition) is 1. The highest BCUT2D eigenvalue weighted by atomic mass is 19.2. The van der Waals surface area contributed by atoms with Crippen molar-refractivity contribution in [3.8, 4) is 0 Å². The molecule has 0 aliphatic rings. The quantitative estimate of drug-likeness (QED) is 0.843. The van der Waals surface area contributed by atoms with Gasteiger partial charge in [0.15, 0.2) is 11.6 Å². The van der Waals surface area contributed by atoms with Crippen molar-refractivity contribution in [2.45, 2.75) is 12.5 Å². The Morgan fingerprint density at radius 1 is 0.900 bits per heavy atom. The minimum atomic E-state index is -0.980. The molecule has 2 aromatic rings. The molecule has 0 radical (unpaired) electrons. The number of hydrogen-bond donors (Lipinski definition) is 1. The van der Waals surface area contributed by atoms with E-state index in [1.165, 1.54) is 12.1 Å². The predicted molar refractivity (Wildman–Crippen MR) is 68.2 cm³/mol. The molecule has 0 aliphatic carbocycles. The molecule has 0 aromatic heterocycles. The van der Waals surface area contributed by atoms with Gasteiger partial charge in [0, 0.05) is 11.6 Å². The molecule has 0 bridgehead atoms. The highest BCUT2D eigenvalue weighted by Crippen LogP contribution is 2.24. The van der Waals surface area contributed by atoms with Gasteiger partial charge in [0.2, 0.25) is 0 Å². The van der Waals surface area contributed by atoms with E-state index in [1.807, 2.05) is 0 Å². The monoisotopic (exact) mass is 283 g/mol. The van der Waals surface area contributed by atoms with Crippen molar-refractivity contribution >= 4 is 0 Å². The van der Waals surface area contributed by atoms with Gasteiger partial charge in [-0.05, 0) is 43.3 Å². The zero-order valence-electron chi connectivity index (χ0n) is 10.8. The molecule has 0 heterocycles. The molecule has 1 unspecified atom stereocenters. The maximum atomic E-state index is 13.7. The van der Waals surface area contributed by atoms with Crippen LogP contribution in [0.2, 0.25) is 0 Å². The summed E-state index contributed by atoms with van der Waals surface area (Å²) in [5.74, 6) is -3.28. The molecule has 2 aromatic carbocycles. The van der Waals surface area contributed by atoms with E-state index in [-0.39, 0.29) is 12.0 Å². The van der Waals surface area contributed by atoms with Gasteiger partial charge in [0.25, 0.3) is 0 Å². The first kappa shape index (κ1) is 14.5. The first-order valence-corrected chi connectivity index (χ1v) is 6.08. The SMILES string of the molecule is CNC(Cc1ccc(F)c(F)c1)c1c(F)cccc1F. The second-order valence-corrected chi connectivity index (χ2v) is 4.43. The normalized spacial score (nSPS) is 12.4. The standard InChI is InChI=1S/C15H13F4N/c1-20-14(15-11(17)3-2-4-12(15)18)8-9-5-6-10(16)13(19)7-9/h2-7,14,20H,8H2,1H3. The molecular weight excluding hydrogens is 270 g/mol. The summed E-state index contributed by atoms with van der Waals surface area (Å²) < 4.78 is 53.4. The molecule has 1 N–H and O–H groups in total. The summed E-state index contributed by atoms with van der Waals surface area (Å²) in [6.07, 6.45) is 0.144. The molecular formula is C15H13F4N. The van der Waals surface area contributed by atoms with Crippen LogP contribution in [0.3, 0.4) is 0 Å². The van der Waals surface area contributed by atoms with E-state index in [4.69, 9.17) is 0 Å². The van der Waals surface area contributed by atoms with Crippen molar-refractivity contribution in [1.82, 2.24) is 5.32 Å². The molecule has 5 heteroatoms. The van der Waals surface area contributed by atoms with Crippen LogP contribution in [0.5, 0.6) is 0 Å². The van der Waals surface area contributed by atoms with Crippen molar-refractivity contribution in [2.24, 2.45) is 0 Å². The number of likely N-dealkylation sites (N-methyl/N-ethyl adjacent to an activating group) is 1. The van der Waals surface area contributed by atoms with Gasteiger partial charge in [0.1, 0.15) is 11.6 Å². The lowest BCUT2D eigenvalue weighted by atomic mass is 9.98. The third-order valence-corrected chi connectivity index (χ3v) is 3.12. The first-order valence-electron chi connectivity index (χ1n) is 6.08. The van der Waals surface area contributed by atoms with Gasteiger partial charge in [-0.3, -0.25) is 0 Å². The highest BCUT2D eigenvalue weighted by molar-refractivity contribution is 5.27. The van der Waals surface area contributed by atoms with E-state index < -0.39 is 29.3 Å². The van der Waals surface area contributed by atoms with E-state index in [2.05, 4.69) is 5.32 Å². The molecule has 1 atom stereocenters. The van der Waals surface area contributed by atoms with Crippen LogP contribution < -0.4 is 5.32 Å². The summed E-state index contributed by atoms with van der Waals surface area (Å²) in [7, 11) is 1.55. The Kier molecular flexibility index (Phi) is 4.39. The van der Waals surface area contributed by atoms with Gasteiger partial charge in [-0.25, -0.2) is 17.6 Å². The Labute approximate surface area is 114 Å². The molecule has 0 saturated carbocycles. The fourth-order valence-corrected chi connectivity index (χ4v) is 2.09. The molecule has 0 aliphatic heterocycles. The molecule has 0 amide bonds. The third kappa shape index (κ3) is 2.99. The Bertz CT molecular complexity index is 593. The average molecular weight is 283 g/mol. The van der Waals surface area contributed by atoms with Crippen LogP contribution in [0.15, 0.2) is 36.4 Å². The minimum Gasteiger partial charge on any atom is -0.313 e. The Morgan fingerprint density at radius 2 is 1.55 bits per heavy atom. The van der Waals surface area contributed by atoms with Gasteiger partial charge in [-0.1, -0.05) is 12.1 Å². The molecule has 20 heavy (non-hydrogen) atoms. The molecule has 1 nitrogen and oxygen atoms in total. The zero-order chi connectivity index (χ0) is 14.7. The lowest BCUT2D eigenvalue weighted by molar-refractivity contribution is 0.484. The topological polar surface area (TPSA) is 12.0 Å². The number of nitrogens with one attached hydrogen (secondary N) is 1. The summed E-state index contributed by atoms with van der Waals surface area (Å²) in [4.78, 5) is 0. The van der Waals surface area contributed by atoms with Crippen molar-refractivity contribution in [1.29, 1.82) is 0 Å². The zero-order valence-corrected chi connectivity index (χ0v) is 10.8. The summed E-state index contributed by atoms with van der Waals surface area (Å²) in [6, 6.07) is 6.34. The molecule has 106 valence electrons. The summed E-state index contributed by atoms with van der Waals surface area (Å²) in [5, 5.41) is 2.79. The van der Waals surface area contributed by atoms with E-state index >= 15 is 0 Å². The average Bonchev–Trinajstić information content (AvgIpc) is 2.41. The fraction of sp³-hybridized carbons (Fsp3) is 0.200.